The van der Waals surface area contributed by atoms with Crippen LogP contribution >= 0.6 is 0 Å². The molecule has 0 heterocycles. The molecule has 2 amide bonds. The summed E-state index contributed by atoms with van der Waals surface area (Å²) in [4.78, 5) is 26.9. The van der Waals surface area contributed by atoms with Crippen molar-refractivity contribution in [3.8, 4) is 5.75 Å². The summed E-state index contributed by atoms with van der Waals surface area (Å²) in [5, 5.41) is 5.95. The minimum atomic E-state index is -0.216. The zero-order valence-electron chi connectivity index (χ0n) is 18.7. The predicted molar refractivity (Wildman–Crippen MR) is 128 cm³/mol. The van der Waals surface area contributed by atoms with E-state index < -0.39 is 0 Å². The highest BCUT2D eigenvalue weighted by Crippen LogP contribution is 2.24. The van der Waals surface area contributed by atoms with Gasteiger partial charge in [0.2, 0.25) is 5.91 Å². The lowest BCUT2D eigenvalue weighted by atomic mass is 10.1. The summed E-state index contributed by atoms with van der Waals surface area (Å²) in [6.07, 6.45) is 0.0343. The number of carbonyl (C=O) groups is 2. The molecule has 0 saturated heterocycles. The fraction of sp³-hybridized carbons (Fsp3) is 0.231. The van der Waals surface area contributed by atoms with E-state index in [4.69, 9.17) is 4.74 Å². The molecule has 6 heteroatoms. The van der Waals surface area contributed by atoms with Gasteiger partial charge in [-0.2, -0.15) is 0 Å². The second-order valence-corrected chi connectivity index (χ2v) is 7.79. The van der Waals surface area contributed by atoms with E-state index >= 15 is 0 Å². The molecule has 0 aromatic heterocycles. The van der Waals surface area contributed by atoms with Gasteiger partial charge in [-0.25, -0.2) is 0 Å². The van der Waals surface area contributed by atoms with Gasteiger partial charge in [0.1, 0.15) is 5.75 Å². The summed E-state index contributed by atoms with van der Waals surface area (Å²) in [6, 6.07) is 24.3. The minimum Gasteiger partial charge on any atom is -0.489 e. The van der Waals surface area contributed by atoms with Gasteiger partial charge in [0.05, 0.1) is 18.3 Å². The van der Waals surface area contributed by atoms with Gasteiger partial charge in [-0.3, -0.25) is 9.59 Å². The molecular formula is C26H29N3O3. The Morgan fingerprint density at radius 1 is 0.938 bits per heavy atom. The summed E-state index contributed by atoms with van der Waals surface area (Å²) in [7, 11) is 1.77. The van der Waals surface area contributed by atoms with E-state index in [1.807, 2.05) is 68.4 Å². The van der Waals surface area contributed by atoms with E-state index in [2.05, 4.69) is 10.6 Å². The molecule has 0 fully saturated rings. The largest absolute Gasteiger partial charge is 0.489 e. The highest BCUT2D eigenvalue weighted by atomic mass is 16.5. The number of para-hydroxylation sites is 2. The molecule has 166 valence electrons. The molecule has 0 saturated carbocycles. The fourth-order valence-electron chi connectivity index (χ4n) is 3.23. The maximum atomic E-state index is 12.8. The van der Waals surface area contributed by atoms with Crippen LogP contribution in [0.3, 0.4) is 0 Å². The molecule has 0 unspecified atom stereocenters. The number of carbonyl (C=O) groups excluding carboxylic acids is 2. The molecule has 0 spiro atoms. The molecule has 3 rings (SSSR count). The number of amides is 2. The van der Waals surface area contributed by atoms with E-state index in [0.717, 1.165) is 11.3 Å². The lowest BCUT2D eigenvalue weighted by Gasteiger charge is -2.18. The number of anilines is 2. The molecule has 32 heavy (non-hydrogen) atoms. The topological polar surface area (TPSA) is 70.7 Å². The number of rotatable bonds is 9. The predicted octanol–water partition coefficient (Wildman–Crippen LogP) is 4.80. The number of benzene rings is 3. The SMILES string of the molecule is CC(C)Oc1ccccc1NCC(=O)Nc1cccc(C(=O)N(C)Cc2ccccc2)c1. The third-order valence-corrected chi connectivity index (χ3v) is 4.69. The number of nitrogens with one attached hydrogen (secondary N) is 2. The van der Waals surface area contributed by atoms with E-state index in [-0.39, 0.29) is 24.5 Å². The first-order valence-corrected chi connectivity index (χ1v) is 10.6. The van der Waals surface area contributed by atoms with Crippen LogP contribution in [0.5, 0.6) is 5.75 Å². The van der Waals surface area contributed by atoms with Crippen LogP contribution < -0.4 is 15.4 Å². The van der Waals surface area contributed by atoms with Crippen LogP contribution in [-0.4, -0.2) is 36.4 Å². The molecule has 0 aliphatic rings. The first kappa shape index (κ1) is 22.9. The van der Waals surface area contributed by atoms with Crippen LogP contribution in [0.2, 0.25) is 0 Å². The summed E-state index contributed by atoms with van der Waals surface area (Å²) in [5.74, 6) is 0.374. The fourth-order valence-corrected chi connectivity index (χ4v) is 3.23. The third-order valence-electron chi connectivity index (χ3n) is 4.69. The maximum absolute atomic E-state index is 12.8. The lowest BCUT2D eigenvalue weighted by Crippen LogP contribution is -2.26. The highest BCUT2D eigenvalue weighted by molar-refractivity contribution is 5.98. The Morgan fingerprint density at radius 2 is 1.66 bits per heavy atom. The van der Waals surface area contributed by atoms with Crippen molar-refractivity contribution in [3.05, 3.63) is 90.0 Å². The van der Waals surface area contributed by atoms with Crippen molar-refractivity contribution in [2.24, 2.45) is 0 Å². The molecule has 0 aliphatic carbocycles. The number of hydrogen-bond donors (Lipinski definition) is 2. The quantitative estimate of drug-likeness (QED) is 0.511. The van der Waals surface area contributed by atoms with Crippen LogP contribution in [-0.2, 0) is 11.3 Å². The van der Waals surface area contributed by atoms with E-state index in [1.165, 1.54) is 0 Å². The monoisotopic (exact) mass is 431 g/mol. The van der Waals surface area contributed by atoms with Gasteiger partial charge in [-0.15, -0.1) is 0 Å². The smallest absolute Gasteiger partial charge is 0.253 e. The van der Waals surface area contributed by atoms with Crippen molar-refractivity contribution in [2.75, 3.05) is 24.2 Å². The standard InChI is InChI=1S/C26H29N3O3/c1-19(2)32-24-15-8-7-14-23(24)27-17-25(30)28-22-13-9-12-21(16-22)26(31)29(3)18-20-10-5-4-6-11-20/h4-16,19,27H,17-18H2,1-3H3,(H,28,30). The van der Waals surface area contributed by atoms with Gasteiger partial charge in [0, 0.05) is 24.8 Å². The zero-order chi connectivity index (χ0) is 22.9. The summed E-state index contributed by atoms with van der Waals surface area (Å²) < 4.78 is 5.77. The first-order chi connectivity index (χ1) is 15.4. The average molecular weight is 432 g/mol. The van der Waals surface area contributed by atoms with Gasteiger partial charge in [0.25, 0.3) is 5.91 Å². The lowest BCUT2D eigenvalue weighted by molar-refractivity contribution is -0.114. The Morgan fingerprint density at radius 3 is 2.41 bits per heavy atom. The Hall–Kier alpha value is -3.80. The number of ether oxygens (including phenoxy) is 1. The van der Waals surface area contributed by atoms with Crippen LogP contribution in [0, 0.1) is 0 Å². The zero-order valence-corrected chi connectivity index (χ0v) is 18.7. The summed E-state index contributed by atoms with van der Waals surface area (Å²) >= 11 is 0. The average Bonchev–Trinajstić information content (AvgIpc) is 2.78. The molecule has 0 aliphatic heterocycles. The van der Waals surface area contributed by atoms with Gasteiger partial charge >= 0.3 is 0 Å². The highest BCUT2D eigenvalue weighted by Gasteiger charge is 2.13. The van der Waals surface area contributed by atoms with Crippen molar-refractivity contribution in [2.45, 2.75) is 26.5 Å². The van der Waals surface area contributed by atoms with Crippen molar-refractivity contribution >= 4 is 23.2 Å². The molecule has 2 N–H and O–H groups in total. The summed E-state index contributed by atoms with van der Waals surface area (Å²) in [6.45, 7) is 4.49. The second-order valence-electron chi connectivity index (χ2n) is 7.79. The van der Waals surface area contributed by atoms with Crippen LogP contribution in [0.25, 0.3) is 0 Å². The van der Waals surface area contributed by atoms with Crippen LogP contribution in [0.15, 0.2) is 78.9 Å². The van der Waals surface area contributed by atoms with E-state index in [9.17, 15) is 9.59 Å². The number of nitrogens with zero attached hydrogens (tertiary/aromatic N) is 1. The molecule has 0 radical (unpaired) electrons. The van der Waals surface area contributed by atoms with Crippen LogP contribution in [0.1, 0.15) is 29.8 Å². The van der Waals surface area contributed by atoms with Gasteiger partial charge in [-0.05, 0) is 49.7 Å². The molecule has 3 aromatic carbocycles. The molecule has 0 bridgehead atoms. The molecule has 6 nitrogen and oxygen atoms in total. The first-order valence-electron chi connectivity index (χ1n) is 10.6. The maximum Gasteiger partial charge on any atom is 0.253 e. The Kier molecular flexibility index (Phi) is 7.86. The van der Waals surface area contributed by atoms with Gasteiger partial charge in [0.15, 0.2) is 0 Å². The molecule has 3 aromatic rings. The Bertz CT molecular complexity index is 1050. The summed E-state index contributed by atoms with van der Waals surface area (Å²) in [5.41, 5.74) is 2.90. The third kappa shape index (κ3) is 6.60. The Labute approximate surface area is 189 Å². The van der Waals surface area contributed by atoms with Gasteiger partial charge < -0.3 is 20.3 Å². The minimum absolute atomic E-state index is 0.0343. The van der Waals surface area contributed by atoms with Crippen molar-refractivity contribution in [1.82, 2.24) is 4.90 Å². The number of hydrogen-bond acceptors (Lipinski definition) is 4. The van der Waals surface area contributed by atoms with Gasteiger partial charge in [-0.1, -0.05) is 48.5 Å². The van der Waals surface area contributed by atoms with Crippen molar-refractivity contribution in [3.63, 3.8) is 0 Å². The van der Waals surface area contributed by atoms with E-state index in [1.54, 1.807) is 36.2 Å². The van der Waals surface area contributed by atoms with Crippen LogP contribution in [0.4, 0.5) is 11.4 Å². The van der Waals surface area contributed by atoms with Crippen molar-refractivity contribution in [1.29, 1.82) is 0 Å². The molecular weight excluding hydrogens is 402 g/mol. The van der Waals surface area contributed by atoms with Crippen molar-refractivity contribution < 1.29 is 14.3 Å². The Balaban J connectivity index is 1.58. The van der Waals surface area contributed by atoms with E-state index in [0.29, 0.717) is 23.5 Å². The normalized spacial score (nSPS) is 10.5. The molecule has 0 atom stereocenters. The second kappa shape index (κ2) is 11.0.